The Morgan fingerprint density at radius 1 is 1.32 bits per heavy atom. The minimum atomic E-state index is -3.52. The van der Waals surface area contributed by atoms with Crippen LogP contribution in [0.3, 0.4) is 0 Å². The van der Waals surface area contributed by atoms with E-state index in [1.165, 1.54) is 0 Å². The quantitative estimate of drug-likeness (QED) is 0.836. The van der Waals surface area contributed by atoms with Gasteiger partial charge in [-0.25, -0.2) is 8.42 Å². The molecule has 6 heteroatoms. The zero-order valence-electron chi connectivity index (χ0n) is 14.0. The van der Waals surface area contributed by atoms with Gasteiger partial charge in [0.1, 0.15) is 6.54 Å². The van der Waals surface area contributed by atoms with E-state index in [1.54, 1.807) is 6.07 Å². The van der Waals surface area contributed by atoms with Crippen LogP contribution in [-0.2, 0) is 14.8 Å². The molecule has 1 N–H and O–H groups in total. The van der Waals surface area contributed by atoms with Crippen LogP contribution >= 0.6 is 0 Å². The number of rotatable bonds is 7. The third kappa shape index (κ3) is 5.33. The van der Waals surface area contributed by atoms with Crippen molar-refractivity contribution in [3.05, 3.63) is 29.3 Å². The Morgan fingerprint density at radius 2 is 1.95 bits per heavy atom. The summed E-state index contributed by atoms with van der Waals surface area (Å²) in [5.41, 5.74) is 2.43. The fourth-order valence-electron chi connectivity index (χ4n) is 2.42. The maximum atomic E-state index is 12.1. The van der Waals surface area contributed by atoms with E-state index in [0.717, 1.165) is 34.5 Å². The molecule has 0 saturated heterocycles. The van der Waals surface area contributed by atoms with Crippen LogP contribution in [0.1, 0.15) is 37.8 Å². The fraction of sp³-hybridized carbons (Fsp3) is 0.562. The fourth-order valence-corrected chi connectivity index (χ4v) is 3.34. The number of benzene rings is 1. The van der Waals surface area contributed by atoms with Gasteiger partial charge in [-0.05, 0) is 38.8 Å². The minimum Gasteiger partial charge on any atom is -0.352 e. The summed E-state index contributed by atoms with van der Waals surface area (Å²) in [7, 11) is -3.52. The molecule has 0 fully saturated rings. The predicted molar refractivity (Wildman–Crippen MR) is 90.6 cm³/mol. The summed E-state index contributed by atoms with van der Waals surface area (Å²) < 4.78 is 25.3. The molecule has 1 aromatic rings. The van der Waals surface area contributed by atoms with E-state index >= 15 is 0 Å². The molecule has 1 amide bonds. The Labute approximate surface area is 133 Å². The van der Waals surface area contributed by atoms with Crippen molar-refractivity contribution in [1.29, 1.82) is 0 Å². The lowest BCUT2D eigenvalue weighted by atomic mass is 10.1. The van der Waals surface area contributed by atoms with E-state index in [1.807, 2.05) is 39.8 Å². The zero-order chi connectivity index (χ0) is 16.9. The van der Waals surface area contributed by atoms with Gasteiger partial charge in [-0.2, -0.15) is 0 Å². The van der Waals surface area contributed by atoms with Gasteiger partial charge in [-0.3, -0.25) is 9.10 Å². The molecule has 0 saturated carbocycles. The number of carbonyl (C=O) groups is 1. The van der Waals surface area contributed by atoms with Gasteiger partial charge in [0.05, 0.1) is 11.9 Å². The normalized spacial score (nSPS) is 12.8. The molecule has 0 unspecified atom stereocenters. The highest BCUT2D eigenvalue weighted by atomic mass is 32.2. The molecule has 5 nitrogen and oxygen atoms in total. The Morgan fingerprint density at radius 3 is 2.45 bits per heavy atom. The number of anilines is 1. The van der Waals surface area contributed by atoms with Crippen molar-refractivity contribution in [2.24, 2.45) is 0 Å². The van der Waals surface area contributed by atoms with Crippen LogP contribution < -0.4 is 9.62 Å². The van der Waals surface area contributed by atoms with Gasteiger partial charge in [0.15, 0.2) is 0 Å². The molecular weight excluding hydrogens is 300 g/mol. The van der Waals surface area contributed by atoms with Crippen molar-refractivity contribution in [3.8, 4) is 0 Å². The molecular formula is C16H26N2O3S. The molecule has 124 valence electrons. The van der Waals surface area contributed by atoms with Crippen molar-refractivity contribution in [2.45, 2.75) is 46.6 Å². The summed E-state index contributed by atoms with van der Waals surface area (Å²) in [6, 6.07) is 5.54. The van der Waals surface area contributed by atoms with Gasteiger partial charge in [0.25, 0.3) is 0 Å². The number of hydrogen-bond acceptors (Lipinski definition) is 3. The predicted octanol–water partition coefficient (Wildman–Crippen LogP) is 2.37. The largest absolute Gasteiger partial charge is 0.352 e. The molecule has 0 heterocycles. The summed E-state index contributed by atoms with van der Waals surface area (Å²) in [4.78, 5) is 12.1. The highest BCUT2D eigenvalue weighted by Gasteiger charge is 2.22. The molecule has 0 aliphatic carbocycles. The number of carbonyl (C=O) groups excluding carboxylic acids is 1. The Bertz CT molecular complexity index is 626. The van der Waals surface area contributed by atoms with Crippen LogP contribution in [0.2, 0.25) is 0 Å². The summed E-state index contributed by atoms with van der Waals surface area (Å²) in [6.07, 6.45) is 2.96. The highest BCUT2D eigenvalue weighted by molar-refractivity contribution is 7.92. The van der Waals surface area contributed by atoms with Gasteiger partial charge in [-0.1, -0.05) is 31.0 Å². The Balaban J connectivity index is 2.98. The van der Waals surface area contributed by atoms with Crippen LogP contribution in [0.4, 0.5) is 5.69 Å². The van der Waals surface area contributed by atoms with Gasteiger partial charge >= 0.3 is 0 Å². The lowest BCUT2D eigenvalue weighted by Gasteiger charge is -2.24. The third-order valence-electron chi connectivity index (χ3n) is 3.44. The average molecular weight is 326 g/mol. The molecule has 1 rings (SSSR count). The van der Waals surface area contributed by atoms with E-state index in [4.69, 9.17) is 0 Å². The number of hydrogen-bond donors (Lipinski definition) is 1. The second kappa shape index (κ2) is 7.63. The van der Waals surface area contributed by atoms with E-state index in [9.17, 15) is 13.2 Å². The topological polar surface area (TPSA) is 66.5 Å². The summed E-state index contributed by atoms with van der Waals surface area (Å²) in [6.45, 7) is 7.56. The molecule has 0 radical (unpaired) electrons. The molecule has 22 heavy (non-hydrogen) atoms. The van der Waals surface area contributed by atoms with Crippen molar-refractivity contribution >= 4 is 21.6 Å². The number of nitrogens with one attached hydrogen (secondary N) is 1. The zero-order valence-corrected chi connectivity index (χ0v) is 14.8. The molecule has 1 aromatic carbocycles. The standard InChI is InChI=1S/C16H26N2O3S/c1-6-7-14(4)17-16(19)11-18(22(5,20)21)15-9-8-12(2)10-13(15)3/h8-10,14H,6-7,11H2,1-5H3,(H,17,19)/t14-/m1/s1. The van der Waals surface area contributed by atoms with Gasteiger partial charge in [0, 0.05) is 6.04 Å². The maximum absolute atomic E-state index is 12.1. The van der Waals surface area contributed by atoms with Crippen LogP contribution in [0.15, 0.2) is 18.2 Å². The summed E-state index contributed by atoms with van der Waals surface area (Å²) in [5, 5.41) is 2.84. The molecule has 1 atom stereocenters. The van der Waals surface area contributed by atoms with Gasteiger partial charge in [-0.15, -0.1) is 0 Å². The van der Waals surface area contributed by atoms with Crippen molar-refractivity contribution in [1.82, 2.24) is 5.32 Å². The van der Waals surface area contributed by atoms with E-state index in [2.05, 4.69) is 5.32 Å². The van der Waals surface area contributed by atoms with Crippen molar-refractivity contribution in [3.63, 3.8) is 0 Å². The first-order valence-corrected chi connectivity index (χ1v) is 9.34. The van der Waals surface area contributed by atoms with Gasteiger partial charge in [0.2, 0.25) is 15.9 Å². The first kappa shape index (κ1) is 18.5. The summed E-state index contributed by atoms with van der Waals surface area (Å²) >= 11 is 0. The number of sulfonamides is 1. The second-order valence-corrected chi connectivity index (χ2v) is 7.72. The third-order valence-corrected chi connectivity index (χ3v) is 4.56. The second-order valence-electron chi connectivity index (χ2n) is 5.82. The van der Waals surface area contributed by atoms with Gasteiger partial charge < -0.3 is 5.32 Å². The monoisotopic (exact) mass is 326 g/mol. The van der Waals surface area contributed by atoms with Crippen LogP contribution in [0, 0.1) is 13.8 Å². The van der Waals surface area contributed by atoms with E-state index < -0.39 is 10.0 Å². The number of aryl methyl sites for hydroxylation is 2. The molecule has 0 bridgehead atoms. The van der Waals surface area contributed by atoms with Crippen molar-refractivity contribution in [2.75, 3.05) is 17.1 Å². The Hall–Kier alpha value is -1.56. The lowest BCUT2D eigenvalue weighted by Crippen LogP contribution is -2.43. The van der Waals surface area contributed by atoms with Crippen molar-refractivity contribution < 1.29 is 13.2 Å². The molecule has 0 aromatic heterocycles. The highest BCUT2D eigenvalue weighted by Crippen LogP contribution is 2.23. The average Bonchev–Trinajstić information content (AvgIpc) is 2.35. The Kier molecular flexibility index (Phi) is 6.41. The maximum Gasteiger partial charge on any atom is 0.240 e. The number of amides is 1. The first-order chi connectivity index (χ1) is 10.1. The smallest absolute Gasteiger partial charge is 0.240 e. The minimum absolute atomic E-state index is 0.0398. The summed E-state index contributed by atoms with van der Waals surface area (Å²) in [5.74, 6) is -0.286. The SMILES string of the molecule is CCC[C@@H](C)NC(=O)CN(c1ccc(C)cc1C)S(C)(=O)=O. The van der Waals surface area contributed by atoms with Crippen LogP contribution in [0.25, 0.3) is 0 Å². The van der Waals surface area contributed by atoms with Crippen LogP contribution in [-0.4, -0.2) is 33.2 Å². The van der Waals surface area contributed by atoms with Crippen LogP contribution in [0.5, 0.6) is 0 Å². The first-order valence-electron chi connectivity index (χ1n) is 7.49. The lowest BCUT2D eigenvalue weighted by molar-refractivity contribution is -0.120. The molecule has 0 aliphatic rings. The molecule has 0 aliphatic heterocycles. The number of nitrogens with zero attached hydrogens (tertiary/aromatic N) is 1. The molecule has 0 spiro atoms. The van der Waals surface area contributed by atoms with E-state index in [0.29, 0.717) is 5.69 Å². The van der Waals surface area contributed by atoms with E-state index in [-0.39, 0.29) is 18.5 Å².